The minimum atomic E-state index is 0.121. The first-order valence-electron chi connectivity index (χ1n) is 7.15. The molecule has 0 bridgehead atoms. The first-order valence-corrected chi connectivity index (χ1v) is 7.15. The van der Waals surface area contributed by atoms with Crippen LogP contribution in [0.1, 0.15) is 37.7 Å². The Bertz CT molecular complexity index is 524. The van der Waals surface area contributed by atoms with E-state index < -0.39 is 0 Å². The standard InChI is InChI=1S/C16H21N3/c17-12-16(9-5-2-6-10-16)14-11-18-19-15(14)13-7-3-1-4-8-13/h1,3-4,7-8,11H,2,5-6,9-10,12,17H2,(H,18,19). The van der Waals surface area contributed by atoms with Crippen LogP contribution >= 0.6 is 0 Å². The number of rotatable bonds is 3. The number of aromatic nitrogens is 2. The van der Waals surface area contributed by atoms with Crippen molar-refractivity contribution in [1.29, 1.82) is 0 Å². The van der Waals surface area contributed by atoms with Crippen molar-refractivity contribution >= 4 is 0 Å². The molecule has 3 heteroatoms. The molecule has 1 heterocycles. The summed E-state index contributed by atoms with van der Waals surface area (Å²) in [6.45, 7) is 0.715. The average molecular weight is 255 g/mol. The Kier molecular flexibility index (Phi) is 3.38. The van der Waals surface area contributed by atoms with Crippen LogP contribution < -0.4 is 5.73 Å². The van der Waals surface area contributed by atoms with Crippen LogP contribution in [0.4, 0.5) is 0 Å². The maximum Gasteiger partial charge on any atom is 0.0688 e. The lowest BCUT2D eigenvalue weighted by Gasteiger charge is -2.36. The monoisotopic (exact) mass is 255 g/mol. The van der Waals surface area contributed by atoms with E-state index in [1.165, 1.54) is 43.2 Å². The fraction of sp³-hybridized carbons (Fsp3) is 0.438. The highest BCUT2D eigenvalue weighted by Crippen LogP contribution is 2.41. The van der Waals surface area contributed by atoms with Crippen LogP contribution in [0.2, 0.25) is 0 Å². The summed E-state index contributed by atoms with van der Waals surface area (Å²) in [7, 11) is 0. The van der Waals surface area contributed by atoms with E-state index >= 15 is 0 Å². The molecule has 2 aromatic rings. The number of hydrogen-bond acceptors (Lipinski definition) is 2. The fourth-order valence-electron chi connectivity index (χ4n) is 3.33. The van der Waals surface area contributed by atoms with Crippen LogP contribution in [0, 0.1) is 0 Å². The Hall–Kier alpha value is -1.61. The van der Waals surface area contributed by atoms with Crippen molar-refractivity contribution in [3.8, 4) is 11.3 Å². The molecule has 1 aromatic carbocycles. The molecule has 0 aliphatic heterocycles. The molecule has 0 unspecified atom stereocenters. The molecule has 0 radical (unpaired) electrons. The Balaban J connectivity index is 2.04. The predicted molar refractivity (Wildman–Crippen MR) is 77.8 cm³/mol. The van der Waals surface area contributed by atoms with Gasteiger partial charge in [0, 0.05) is 17.5 Å². The molecule has 3 N–H and O–H groups in total. The number of benzene rings is 1. The zero-order valence-electron chi connectivity index (χ0n) is 11.2. The maximum atomic E-state index is 6.13. The van der Waals surface area contributed by atoms with E-state index in [9.17, 15) is 0 Å². The second-order valence-corrected chi connectivity index (χ2v) is 5.57. The topological polar surface area (TPSA) is 54.7 Å². The summed E-state index contributed by atoms with van der Waals surface area (Å²) in [6, 6.07) is 10.4. The lowest BCUT2D eigenvalue weighted by molar-refractivity contribution is 0.301. The van der Waals surface area contributed by atoms with E-state index in [4.69, 9.17) is 5.73 Å². The van der Waals surface area contributed by atoms with E-state index in [2.05, 4.69) is 34.5 Å². The van der Waals surface area contributed by atoms with Gasteiger partial charge in [0.05, 0.1) is 11.9 Å². The second-order valence-electron chi connectivity index (χ2n) is 5.57. The van der Waals surface area contributed by atoms with E-state index in [0.717, 1.165) is 5.69 Å². The van der Waals surface area contributed by atoms with Gasteiger partial charge in [-0.05, 0) is 18.4 Å². The Morgan fingerprint density at radius 2 is 1.84 bits per heavy atom. The molecule has 1 aliphatic rings. The van der Waals surface area contributed by atoms with Crippen LogP contribution in [-0.4, -0.2) is 16.7 Å². The van der Waals surface area contributed by atoms with Gasteiger partial charge in [0.25, 0.3) is 0 Å². The fourth-order valence-corrected chi connectivity index (χ4v) is 3.33. The molecule has 19 heavy (non-hydrogen) atoms. The summed E-state index contributed by atoms with van der Waals surface area (Å²) in [5.41, 5.74) is 9.91. The molecule has 1 saturated carbocycles. The highest BCUT2D eigenvalue weighted by molar-refractivity contribution is 5.64. The van der Waals surface area contributed by atoms with Crippen LogP contribution in [0.5, 0.6) is 0 Å². The lowest BCUT2D eigenvalue weighted by atomic mass is 9.69. The van der Waals surface area contributed by atoms with Gasteiger partial charge in [-0.1, -0.05) is 49.6 Å². The Morgan fingerprint density at radius 3 is 2.53 bits per heavy atom. The van der Waals surface area contributed by atoms with Gasteiger partial charge in [-0.3, -0.25) is 5.10 Å². The Labute approximate surface area is 114 Å². The third kappa shape index (κ3) is 2.19. The van der Waals surface area contributed by atoms with Crippen LogP contribution in [0.3, 0.4) is 0 Å². The lowest BCUT2D eigenvalue weighted by Crippen LogP contribution is -2.37. The number of hydrogen-bond donors (Lipinski definition) is 2. The molecular formula is C16H21N3. The second kappa shape index (κ2) is 5.17. The molecule has 3 rings (SSSR count). The average Bonchev–Trinajstić information content (AvgIpc) is 2.99. The van der Waals surface area contributed by atoms with Gasteiger partial charge >= 0.3 is 0 Å². The SMILES string of the molecule is NCC1(c2cn[nH]c2-c2ccccc2)CCCCC1. The third-order valence-corrected chi connectivity index (χ3v) is 4.47. The first-order chi connectivity index (χ1) is 9.36. The first kappa shape index (κ1) is 12.4. The summed E-state index contributed by atoms with van der Waals surface area (Å²) < 4.78 is 0. The van der Waals surface area contributed by atoms with Crippen molar-refractivity contribution in [2.45, 2.75) is 37.5 Å². The molecule has 0 saturated heterocycles. The number of nitrogens with one attached hydrogen (secondary N) is 1. The molecule has 100 valence electrons. The van der Waals surface area contributed by atoms with Crippen molar-refractivity contribution in [2.75, 3.05) is 6.54 Å². The van der Waals surface area contributed by atoms with E-state index in [0.29, 0.717) is 6.54 Å². The summed E-state index contributed by atoms with van der Waals surface area (Å²) in [4.78, 5) is 0. The van der Waals surface area contributed by atoms with Gasteiger partial charge in [0.1, 0.15) is 0 Å². The van der Waals surface area contributed by atoms with Crippen molar-refractivity contribution in [1.82, 2.24) is 10.2 Å². The summed E-state index contributed by atoms with van der Waals surface area (Å²) in [5.74, 6) is 0. The summed E-state index contributed by atoms with van der Waals surface area (Å²) >= 11 is 0. The van der Waals surface area contributed by atoms with Gasteiger partial charge in [-0.25, -0.2) is 0 Å². The molecule has 0 atom stereocenters. The van der Waals surface area contributed by atoms with Crippen LogP contribution in [0.25, 0.3) is 11.3 Å². The van der Waals surface area contributed by atoms with Gasteiger partial charge in [0.15, 0.2) is 0 Å². The third-order valence-electron chi connectivity index (χ3n) is 4.47. The van der Waals surface area contributed by atoms with Crippen molar-refractivity contribution in [2.24, 2.45) is 5.73 Å². The smallest absolute Gasteiger partial charge is 0.0688 e. The molecule has 1 fully saturated rings. The molecule has 3 nitrogen and oxygen atoms in total. The Morgan fingerprint density at radius 1 is 1.11 bits per heavy atom. The molecular weight excluding hydrogens is 234 g/mol. The van der Waals surface area contributed by atoms with E-state index in [1.54, 1.807) is 0 Å². The number of nitrogens with two attached hydrogens (primary N) is 1. The molecule has 1 aliphatic carbocycles. The number of nitrogens with zero attached hydrogens (tertiary/aromatic N) is 1. The van der Waals surface area contributed by atoms with Gasteiger partial charge in [-0.15, -0.1) is 0 Å². The van der Waals surface area contributed by atoms with E-state index in [1.807, 2.05) is 12.3 Å². The minimum absolute atomic E-state index is 0.121. The molecule has 0 amide bonds. The zero-order valence-corrected chi connectivity index (χ0v) is 11.2. The van der Waals surface area contributed by atoms with Crippen molar-refractivity contribution < 1.29 is 0 Å². The number of aromatic amines is 1. The maximum absolute atomic E-state index is 6.13. The minimum Gasteiger partial charge on any atom is -0.330 e. The normalized spacial score (nSPS) is 18.4. The summed E-state index contributed by atoms with van der Waals surface area (Å²) in [6.07, 6.45) is 8.24. The number of H-pyrrole nitrogens is 1. The van der Waals surface area contributed by atoms with Gasteiger partial charge in [0.2, 0.25) is 0 Å². The largest absolute Gasteiger partial charge is 0.330 e. The highest BCUT2D eigenvalue weighted by atomic mass is 15.1. The molecule has 1 aromatic heterocycles. The van der Waals surface area contributed by atoms with Crippen LogP contribution in [-0.2, 0) is 5.41 Å². The van der Waals surface area contributed by atoms with E-state index in [-0.39, 0.29) is 5.41 Å². The quantitative estimate of drug-likeness (QED) is 0.884. The van der Waals surface area contributed by atoms with Crippen molar-refractivity contribution in [3.05, 3.63) is 42.1 Å². The van der Waals surface area contributed by atoms with Crippen LogP contribution in [0.15, 0.2) is 36.5 Å². The summed E-state index contributed by atoms with van der Waals surface area (Å²) in [5, 5.41) is 7.46. The predicted octanol–water partition coefficient (Wildman–Crippen LogP) is 3.24. The van der Waals surface area contributed by atoms with Gasteiger partial charge < -0.3 is 5.73 Å². The molecule has 0 spiro atoms. The van der Waals surface area contributed by atoms with Crippen molar-refractivity contribution in [3.63, 3.8) is 0 Å². The van der Waals surface area contributed by atoms with Gasteiger partial charge in [-0.2, -0.15) is 5.10 Å². The zero-order chi connectivity index (χ0) is 13.1. The highest BCUT2D eigenvalue weighted by Gasteiger charge is 2.35.